The summed E-state index contributed by atoms with van der Waals surface area (Å²) in [6, 6.07) is 21.2. The number of sulfonamides is 1. The molecule has 0 aliphatic carbocycles. The van der Waals surface area contributed by atoms with Crippen molar-refractivity contribution in [1.82, 2.24) is 0 Å². The van der Waals surface area contributed by atoms with Crippen molar-refractivity contribution in [2.75, 3.05) is 4.31 Å². The van der Waals surface area contributed by atoms with Gasteiger partial charge in [0.25, 0.3) is 10.0 Å². The number of carbonyl (C=O) groups is 1. The number of carboxylic acid groups (broad SMARTS) is 1. The zero-order chi connectivity index (χ0) is 27.0. The van der Waals surface area contributed by atoms with Gasteiger partial charge in [0, 0.05) is 5.39 Å². The summed E-state index contributed by atoms with van der Waals surface area (Å²) in [4.78, 5) is 12.2. The van der Waals surface area contributed by atoms with Gasteiger partial charge in [0.1, 0.15) is 6.04 Å². The first-order chi connectivity index (χ1) is 17.4. The monoisotopic (exact) mass is 537 g/mol. The fourth-order valence-corrected chi connectivity index (χ4v) is 7.18. The minimum Gasteiger partial charge on any atom is -0.480 e. The Hall–Kier alpha value is -3.69. The molecule has 7 nitrogen and oxygen atoms in total. The molecule has 37 heavy (non-hydrogen) atoms. The van der Waals surface area contributed by atoms with Crippen LogP contribution in [-0.4, -0.2) is 34.0 Å². The van der Waals surface area contributed by atoms with Crippen molar-refractivity contribution in [3.8, 4) is 0 Å². The van der Waals surface area contributed by atoms with Crippen molar-refractivity contribution in [1.29, 1.82) is 0 Å². The van der Waals surface area contributed by atoms with Crippen molar-refractivity contribution in [3.63, 3.8) is 0 Å². The summed E-state index contributed by atoms with van der Waals surface area (Å²) in [6.07, 6.45) is 0. The van der Waals surface area contributed by atoms with Crippen LogP contribution in [0.1, 0.15) is 23.6 Å². The number of rotatable bonds is 8. The molecular formula is C28H27NO6S2. The molecule has 0 radical (unpaired) electrons. The highest BCUT2D eigenvalue weighted by Crippen LogP contribution is 2.36. The highest BCUT2D eigenvalue weighted by atomic mass is 32.2. The molecule has 192 valence electrons. The number of benzene rings is 4. The predicted molar refractivity (Wildman–Crippen MR) is 144 cm³/mol. The maximum atomic E-state index is 13.7. The van der Waals surface area contributed by atoms with Crippen LogP contribution >= 0.6 is 0 Å². The second-order valence-corrected chi connectivity index (χ2v) is 12.8. The van der Waals surface area contributed by atoms with E-state index in [2.05, 4.69) is 0 Å². The van der Waals surface area contributed by atoms with Crippen LogP contribution in [0.5, 0.6) is 0 Å². The standard InChI is InChI=1S/C28H27NO6S2/c1-19-8-13-23(14-9-19)36(32,33)18-22-12-17-27(26-7-5-4-6-25(22)26)29(21(3)28(30)31)37(34,35)24-15-10-20(2)11-16-24/h4-17,21H,18H2,1-3H3,(H,30,31). The van der Waals surface area contributed by atoms with Crippen LogP contribution in [0.2, 0.25) is 0 Å². The zero-order valence-corrected chi connectivity index (χ0v) is 22.3. The van der Waals surface area contributed by atoms with E-state index in [1.807, 2.05) is 13.8 Å². The molecule has 0 amide bonds. The maximum Gasteiger partial charge on any atom is 0.327 e. The van der Waals surface area contributed by atoms with E-state index in [4.69, 9.17) is 0 Å². The highest BCUT2D eigenvalue weighted by Gasteiger charge is 2.34. The van der Waals surface area contributed by atoms with E-state index >= 15 is 0 Å². The van der Waals surface area contributed by atoms with Gasteiger partial charge in [-0.05, 0) is 62.1 Å². The summed E-state index contributed by atoms with van der Waals surface area (Å²) in [5.41, 5.74) is 2.44. The Morgan fingerprint density at radius 3 is 1.81 bits per heavy atom. The Morgan fingerprint density at radius 2 is 1.27 bits per heavy atom. The Bertz CT molecular complexity index is 1680. The number of aliphatic carboxylic acids is 1. The summed E-state index contributed by atoms with van der Waals surface area (Å²) < 4.78 is 54.7. The molecule has 1 unspecified atom stereocenters. The third-order valence-corrected chi connectivity index (χ3v) is 9.82. The van der Waals surface area contributed by atoms with Crippen LogP contribution < -0.4 is 4.31 Å². The average molecular weight is 538 g/mol. The van der Waals surface area contributed by atoms with Crippen molar-refractivity contribution < 1.29 is 26.7 Å². The third-order valence-electron chi connectivity index (χ3n) is 6.24. The van der Waals surface area contributed by atoms with E-state index in [-0.39, 0.29) is 21.2 Å². The second kappa shape index (κ2) is 9.99. The van der Waals surface area contributed by atoms with Crippen LogP contribution in [0.3, 0.4) is 0 Å². The molecule has 0 aliphatic rings. The first kappa shape index (κ1) is 26.4. The van der Waals surface area contributed by atoms with E-state index in [1.54, 1.807) is 66.7 Å². The molecular weight excluding hydrogens is 510 g/mol. The lowest BCUT2D eigenvalue weighted by Gasteiger charge is -2.29. The van der Waals surface area contributed by atoms with Gasteiger partial charge in [-0.3, -0.25) is 4.31 Å². The third kappa shape index (κ3) is 5.23. The summed E-state index contributed by atoms with van der Waals surface area (Å²) >= 11 is 0. The van der Waals surface area contributed by atoms with Crippen LogP contribution in [0.15, 0.2) is 94.7 Å². The van der Waals surface area contributed by atoms with E-state index < -0.39 is 31.9 Å². The van der Waals surface area contributed by atoms with E-state index in [0.717, 1.165) is 15.4 Å². The first-order valence-corrected chi connectivity index (χ1v) is 14.6. The summed E-state index contributed by atoms with van der Waals surface area (Å²) in [5, 5.41) is 10.8. The van der Waals surface area contributed by atoms with Gasteiger partial charge >= 0.3 is 5.97 Å². The molecule has 1 N–H and O–H groups in total. The molecule has 1 atom stereocenters. The van der Waals surface area contributed by atoms with Crippen LogP contribution in [-0.2, 0) is 30.4 Å². The summed E-state index contributed by atoms with van der Waals surface area (Å²) in [7, 11) is -7.95. The lowest BCUT2D eigenvalue weighted by Crippen LogP contribution is -2.43. The molecule has 4 aromatic rings. The van der Waals surface area contributed by atoms with Crippen molar-refractivity contribution in [2.45, 2.75) is 42.4 Å². The Labute approximate surface area is 217 Å². The molecule has 4 aromatic carbocycles. The number of hydrogen-bond donors (Lipinski definition) is 1. The van der Waals surface area contributed by atoms with Crippen molar-refractivity contribution >= 4 is 42.3 Å². The molecule has 9 heteroatoms. The minimum absolute atomic E-state index is 0.0405. The number of aryl methyl sites for hydroxylation is 2. The summed E-state index contributed by atoms with van der Waals surface area (Å²) in [5.74, 6) is -1.61. The first-order valence-electron chi connectivity index (χ1n) is 11.6. The Morgan fingerprint density at radius 1 is 0.757 bits per heavy atom. The van der Waals surface area contributed by atoms with Crippen LogP contribution in [0.25, 0.3) is 10.8 Å². The molecule has 0 spiro atoms. The second-order valence-electron chi connectivity index (χ2n) is 8.99. The largest absolute Gasteiger partial charge is 0.480 e. The van der Waals surface area contributed by atoms with Gasteiger partial charge in [-0.2, -0.15) is 0 Å². The van der Waals surface area contributed by atoms with Gasteiger partial charge in [-0.1, -0.05) is 65.7 Å². The predicted octanol–water partition coefficient (Wildman–Crippen LogP) is 5.10. The number of fused-ring (bicyclic) bond motifs is 1. The molecule has 0 fully saturated rings. The molecule has 0 bridgehead atoms. The topological polar surface area (TPSA) is 109 Å². The molecule has 0 saturated carbocycles. The Balaban J connectivity index is 1.88. The number of hydrogen-bond acceptors (Lipinski definition) is 5. The molecule has 0 aliphatic heterocycles. The Kier molecular flexibility index (Phi) is 7.12. The van der Waals surface area contributed by atoms with Gasteiger partial charge in [-0.25, -0.2) is 21.6 Å². The van der Waals surface area contributed by atoms with Gasteiger partial charge < -0.3 is 5.11 Å². The minimum atomic E-state index is -4.27. The average Bonchev–Trinajstić information content (AvgIpc) is 2.85. The fraction of sp³-hybridized carbons (Fsp3) is 0.179. The lowest BCUT2D eigenvalue weighted by molar-refractivity contribution is -0.137. The molecule has 0 aromatic heterocycles. The maximum absolute atomic E-state index is 13.7. The van der Waals surface area contributed by atoms with Gasteiger partial charge in [0.2, 0.25) is 0 Å². The van der Waals surface area contributed by atoms with E-state index in [9.17, 15) is 26.7 Å². The molecule has 4 rings (SSSR count). The van der Waals surface area contributed by atoms with E-state index in [1.165, 1.54) is 25.1 Å². The van der Waals surface area contributed by atoms with Crippen molar-refractivity contribution in [3.05, 3.63) is 102 Å². The van der Waals surface area contributed by atoms with Gasteiger partial charge in [0.15, 0.2) is 9.84 Å². The van der Waals surface area contributed by atoms with Gasteiger partial charge in [-0.15, -0.1) is 0 Å². The van der Waals surface area contributed by atoms with Crippen LogP contribution in [0, 0.1) is 13.8 Å². The zero-order valence-electron chi connectivity index (χ0n) is 20.6. The van der Waals surface area contributed by atoms with Crippen molar-refractivity contribution in [2.24, 2.45) is 0 Å². The highest BCUT2D eigenvalue weighted by molar-refractivity contribution is 7.93. The number of sulfone groups is 1. The molecule has 0 heterocycles. The van der Waals surface area contributed by atoms with Crippen LogP contribution in [0.4, 0.5) is 5.69 Å². The molecule has 0 saturated heterocycles. The SMILES string of the molecule is Cc1ccc(S(=O)(=O)Cc2ccc(N(C(C)C(=O)O)S(=O)(=O)c3ccc(C)cc3)c3ccccc23)cc1. The van der Waals surface area contributed by atoms with Gasteiger partial charge in [0.05, 0.1) is 21.2 Å². The quantitative estimate of drug-likeness (QED) is 0.335. The fourth-order valence-electron chi connectivity index (χ4n) is 4.17. The lowest BCUT2D eigenvalue weighted by atomic mass is 10.0. The number of anilines is 1. The van der Waals surface area contributed by atoms with E-state index in [0.29, 0.717) is 16.3 Å². The smallest absolute Gasteiger partial charge is 0.327 e. The normalized spacial score (nSPS) is 12.8. The number of nitrogens with zero attached hydrogens (tertiary/aromatic N) is 1. The number of carboxylic acids is 1. The summed E-state index contributed by atoms with van der Waals surface area (Å²) in [6.45, 7) is 5.00.